The topological polar surface area (TPSA) is 70.6 Å². The highest BCUT2D eigenvalue weighted by atomic mass is 16.2. The van der Waals surface area contributed by atoms with Gasteiger partial charge in [-0.15, -0.1) is 0 Å². The Labute approximate surface area is 135 Å². The molecule has 5 heteroatoms. The lowest BCUT2D eigenvalue weighted by Crippen LogP contribution is -2.32. The second-order valence-corrected chi connectivity index (χ2v) is 5.36. The molecule has 0 aliphatic rings. The third kappa shape index (κ3) is 4.78. The third-order valence-corrected chi connectivity index (χ3v) is 3.43. The molecule has 2 amide bonds. The summed E-state index contributed by atoms with van der Waals surface area (Å²) >= 11 is 0. The first-order chi connectivity index (χ1) is 11.0. The SMILES string of the molecule is Cc1ccc(/C=N\NC(=O)C(=O)Nc2ccc(C)c(C)c2)cc1. The standard InChI is InChI=1S/C18H19N3O2/c1-12-4-7-15(8-5-12)11-19-21-18(23)17(22)20-16-9-6-13(2)14(3)10-16/h4-11H,1-3H3,(H,20,22)(H,21,23)/b19-11-. The van der Waals surface area contributed by atoms with Crippen LogP contribution in [-0.2, 0) is 9.59 Å². The maximum Gasteiger partial charge on any atom is 0.329 e. The number of carbonyl (C=O) groups is 2. The van der Waals surface area contributed by atoms with Gasteiger partial charge in [-0.25, -0.2) is 5.43 Å². The molecule has 0 aliphatic carbocycles. The smallest absolute Gasteiger partial charge is 0.318 e. The number of carbonyl (C=O) groups excluding carboxylic acids is 2. The lowest BCUT2D eigenvalue weighted by Gasteiger charge is -2.06. The lowest BCUT2D eigenvalue weighted by molar-refractivity contribution is -0.136. The number of amides is 2. The van der Waals surface area contributed by atoms with Crippen molar-refractivity contribution in [2.45, 2.75) is 20.8 Å². The first kappa shape index (κ1) is 16.4. The molecule has 118 valence electrons. The van der Waals surface area contributed by atoms with E-state index in [0.717, 1.165) is 22.3 Å². The van der Waals surface area contributed by atoms with E-state index in [1.807, 2.05) is 57.2 Å². The van der Waals surface area contributed by atoms with E-state index in [4.69, 9.17) is 0 Å². The Morgan fingerprint density at radius 3 is 2.26 bits per heavy atom. The average Bonchev–Trinajstić information content (AvgIpc) is 2.52. The van der Waals surface area contributed by atoms with Crippen molar-refractivity contribution in [1.29, 1.82) is 0 Å². The molecule has 2 rings (SSSR count). The van der Waals surface area contributed by atoms with E-state index >= 15 is 0 Å². The normalized spacial score (nSPS) is 10.6. The first-order valence-electron chi connectivity index (χ1n) is 7.24. The molecule has 0 radical (unpaired) electrons. The van der Waals surface area contributed by atoms with Crippen LogP contribution < -0.4 is 10.7 Å². The molecule has 0 heterocycles. The molecule has 0 aromatic heterocycles. The number of rotatable bonds is 3. The number of nitrogens with one attached hydrogen (secondary N) is 2. The summed E-state index contributed by atoms with van der Waals surface area (Å²) in [6.45, 7) is 5.91. The summed E-state index contributed by atoms with van der Waals surface area (Å²) in [4.78, 5) is 23.5. The van der Waals surface area contributed by atoms with Crippen LogP contribution in [-0.4, -0.2) is 18.0 Å². The van der Waals surface area contributed by atoms with Gasteiger partial charge >= 0.3 is 11.8 Å². The van der Waals surface area contributed by atoms with E-state index in [0.29, 0.717) is 5.69 Å². The number of aryl methyl sites for hydroxylation is 3. The van der Waals surface area contributed by atoms with Crippen molar-refractivity contribution in [3.05, 3.63) is 64.7 Å². The molecule has 0 bridgehead atoms. The highest BCUT2D eigenvalue weighted by Crippen LogP contribution is 2.13. The van der Waals surface area contributed by atoms with Gasteiger partial charge < -0.3 is 5.32 Å². The van der Waals surface area contributed by atoms with Gasteiger partial charge in [0.2, 0.25) is 0 Å². The van der Waals surface area contributed by atoms with Crippen molar-refractivity contribution in [2.24, 2.45) is 5.10 Å². The first-order valence-corrected chi connectivity index (χ1v) is 7.24. The molecule has 0 saturated carbocycles. The Bertz CT molecular complexity index is 749. The molecular formula is C18H19N3O2. The second kappa shape index (κ2) is 7.35. The third-order valence-electron chi connectivity index (χ3n) is 3.43. The minimum atomic E-state index is -0.813. The molecule has 23 heavy (non-hydrogen) atoms. The predicted molar refractivity (Wildman–Crippen MR) is 91.5 cm³/mol. The van der Waals surface area contributed by atoms with E-state index in [9.17, 15) is 9.59 Å². The van der Waals surface area contributed by atoms with E-state index in [-0.39, 0.29) is 0 Å². The fourth-order valence-corrected chi connectivity index (χ4v) is 1.88. The summed E-state index contributed by atoms with van der Waals surface area (Å²) in [6, 6.07) is 13.1. The van der Waals surface area contributed by atoms with Crippen LogP contribution in [0.5, 0.6) is 0 Å². The fourth-order valence-electron chi connectivity index (χ4n) is 1.88. The van der Waals surface area contributed by atoms with Gasteiger partial charge in [-0.3, -0.25) is 9.59 Å². The van der Waals surface area contributed by atoms with Gasteiger partial charge in [0.25, 0.3) is 0 Å². The van der Waals surface area contributed by atoms with Crippen LogP contribution in [0.15, 0.2) is 47.6 Å². The van der Waals surface area contributed by atoms with Gasteiger partial charge in [0.05, 0.1) is 6.21 Å². The zero-order valence-electron chi connectivity index (χ0n) is 13.4. The van der Waals surface area contributed by atoms with Gasteiger partial charge in [0, 0.05) is 5.69 Å². The summed E-state index contributed by atoms with van der Waals surface area (Å²) in [5.41, 5.74) is 6.93. The number of hydrogen-bond acceptors (Lipinski definition) is 3. The van der Waals surface area contributed by atoms with Crippen LogP contribution in [0.1, 0.15) is 22.3 Å². The van der Waals surface area contributed by atoms with Crippen molar-refractivity contribution < 1.29 is 9.59 Å². The quantitative estimate of drug-likeness (QED) is 0.520. The maximum absolute atomic E-state index is 11.8. The molecule has 2 N–H and O–H groups in total. The Balaban J connectivity index is 1.90. The monoisotopic (exact) mass is 309 g/mol. The van der Waals surface area contributed by atoms with Crippen LogP contribution in [0.3, 0.4) is 0 Å². The fraction of sp³-hybridized carbons (Fsp3) is 0.167. The molecule has 2 aromatic rings. The van der Waals surface area contributed by atoms with Gasteiger partial charge in [-0.05, 0) is 49.6 Å². The molecule has 0 atom stereocenters. The van der Waals surface area contributed by atoms with Crippen molar-refractivity contribution in [2.75, 3.05) is 5.32 Å². The maximum atomic E-state index is 11.8. The Morgan fingerprint density at radius 1 is 0.913 bits per heavy atom. The molecule has 0 spiro atoms. The van der Waals surface area contributed by atoms with Crippen LogP contribution in [0.25, 0.3) is 0 Å². The van der Waals surface area contributed by atoms with E-state index in [2.05, 4.69) is 15.8 Å². The Morgan fingerprint density at radius 2 is 1.61 bits per heavy atom. The van der Waals surface area contributed by atoms with Gasteiger partial charge in [0.15, 0.2) is 0 Å². The number of hydrogen-bond donors (Lipinski definition) is 2. The van der Waals surface area contributed by atoms with E-state index in [1.165, 1.54) is 6.21 Å². The van der Waals surface area contributed by atoms with Crippen molar-refractivity contribution in [3.8, 4) is 0 Å². The van der Waals surface area contributed by atoms with Gasteiger partial charge in [-0.2, -0.15) is 5.10 Å². The summed E-state index contributed by atoms with van der Waals surface area (Å²) in [7, 11) is 0. The molecule has 5 nitrogen and oxygen atoms in total. The highest BCUT2D eigenvalue weighted by Gasteiger charge is 2.12. The van der Waals surface area contributed by atoms with Crippen molar-refractivity contribution >= 4 is 23.7 Å². The molecule has 0 unspecified atom stereocenters. The average molecular weight is 309 g/mol. The predicted octanol–water partition coefficient (Wildman–Crippen LogP) is 2.70. The van der Waals surface area contributed by atoms with E-state index in [1.54, 1.807) is 6.07 Å². The van der Waals surface area contributed by atoms with Gasteiger partial charge in [0.1, 0.15) is 0 Å². The highest BCUT2D eigenvalue weighted by molar-refractivity contribution is 6.39. The Hall–Kier alpha value is -2.95. The van der Waals surface area contributed by atoms with Crippen molar-refractivity contribution in [3.63, 3.8) is 0 Å². The summed E-state index contributed by atoms with van der Waals surface area (Å²) < 4.78 is 0. The minimum Gasteiger partial charge on any atom is -0.318 e. The zero-order valence-corrected chi connectivity index (χ0v) is 13.4. The van der Waals surface area contributed by atoms with Crippen molar-refractivity contribution in [1.82, 2.24) is 5.43 Å². The summed E-state index contributed by atoms with van der Waals surface area (Å²) in [5.74, 6) is -1.57. The molecule has 0 aliphatic heterocycles. The van der Waals surface area contributed by atoms with Gasteiger partial charge in [-0.1, -0.05) is 35.9 Å². The number of anilines is 1. The zero-order chi connectivity index (χ0) is 16.8. The molecular weight excluding hydrogens is 290 g/mol. The number of benzene rings is 2. The molecule has 2 aromatic carbocycles. The summed E-state index contributed by atoms with van der Waals surface area (Å²) in [5, 5.41) is 6.32. The number of hydrazone groups is 1. The van der Waals surface area contributed by atoms with Crippen LogP contribution in [0, 0.1) is 20.8 Å². The molecule has 0 saturated heterocycles. The van der Waals surface area contributed by atoms with Crippen LogP contribution in [0.2, 0.25) is 0 Å². The lowest BCUT2D eigenvalue weighted by atomic mass is 10.1. The Kier molecular flexibility index (Phi) is 5.25. The van der Waals surface area contributed by atoms with Crippen LogP contribution >= 0.6 is 0 Å². The number of nitrogens with zero attached hydrogens (tertiary/aromatic N) is 1. The largest absolute Gasteiger partial charge is 0.329 e. The minimum absolute atomic E-state index is 0.579. The summed E-state index contributed by atoms with van der Waals surface area (Å²) in [6.07, 6.45) is 1.49. The van der Waals surface area contributed by atoms with Crippen LogP contribution in [0.4, 0.5) is 5.69 Å². The molecule has 0 fully saturated rings. The van der Waals surface area contributed by atoms with E-state index < -0.39 is 11.8 Å². The second-order valence-electron chi connectivity index (χ2n) is 5.36.